The van der Waals surface area contributed by atoms with Crippen molar-refractivity contribution in [1.82, 2.24) is 0 Å². The minimum Gasteiger partial charge on any atom is -0.508 e. The number of hydrogen-bond donors (Lipinski definition) is 2. The van der Waals surface area contributed by atoms with Crippen molar-refractivity contribution >= 4 is 0 Å². The minimum absolute atomic E-state index is 0.0424. The molecule has 1 aliphatic rings. The van der Waals surface area contributed by atoms with Gasteiger partial charge in [0.15, 0.2) is 0 Å². The molecule has 3 rings (SSSR count). The molecule has 0 spiro atoms. The first-order chi connectivity index (χ1) is 10.7. The second kappa shape index (κ2) is 6.67. The lowest BCUT2D eigenvalue weighted by Crippen LogP contribution is -2.19. The number of phenolic OH excluding ortho intramolecular Hbond substituents is 2. The summed E-state index contributed by atoms with van der Waals surface area (Å²) in [4.78, 5) is 0. The fourth-order valence-electron chi connectivity index (χ4n) is 2.69. The van der Waals surface area contributed by atoms with Crippen LogP contribution in [0.25, 0.3) is 0 Å². The Hall–Kier alpha value is -2.26. The summed E-state index contributed by atoms with van der Waals surface area (Å²) in [7, 11) is 0. The molecule has 114 valence electrons. The summed E-state index contributed by atoms with van der Waals surface area (Å²) >= 11 is 0. The maximum absolute atomic E-state index is 9.36. The van der Waals surface area contributed by atoms with E-state index in [0.717, 1.165) is 24.8 Å². The van der Waals surface area contributed by atoms with E-state index in [2.05, 4.69) is 12.2 Å². The first kappa shape index (κ1) is 14.7. The third kappa shape index (κ3) is 3.68. The molecule has 2 atom stereocenters. The summed E-state index contributed by atoms with van der Waals surface area (Å²) < 4.78 is 6.14. The third-order valence-electron chi connectivity index (χ3n) is 3.96. The zero-order chi connectivity index (χ0) is 15.4. The van der Waals surface area contributed by atoms with E-state index in [1.54, 1.807) is 24.3 Å². The number of aromatic hydroxyl groups is 2. The van der Waals surface area contributed by atoms with Crippen LogP contribution in [0, 0.1) is 0 Å². The fraction of sp³-hybridized carbons (Fsp3) is 0.263. The minimum atomic E-state index is -0.0424. The van der Waals surface area contributed by atoms with E-state index in [4.69, 9.17) is 4.74 Å². The molecule has 2 unspecified atom stereocenters. The van der Waals surface area contributed by atoms with Crippen LogP contribution in [0.2, 0.25) is 0 Å². The molecule has 1 heterocycles. The molecule has 3 nitrogen and oxygen atoms in total. The average Bonchev–Trinajstić information content (AvgIpc) is 2.55. The lowest BCUT2D eigenvalue weighted by atomic mass is 10.0. The van der Waals surface area contributed by atoms with Crippen LogP contribution in [0.4, 0.5) is 0 Å². The van der Waals surface area contributed by atoms with Gasteiger partial charge in [0, 0.05) is 0 Å². The molecule has 2 aromatic carbocycles. The van der Waals surface area contributed by atoms with E-state index in [9.17, 15) is 10.2 Å². The Kier molecular flexibility index (Phi) is 4.45. The molecule has 0 bridgehead atoms. The zero-order valence-corrected chi connectivity index (χ0v) is 12.4. The highest BCUT2D eigenvalue weighted by Gasteiger charge is 2.19. The van der Waals surface area contributed by atoms with Crippen molar-refractivity contribution in [2.45, 2.75) is 31.5 Å². The number of hydrogen-bond acceptors (Lipinski definition) is 3. The Morgan fingerprint density at radius 1 is 0.909 bits per heavy atom. The molecule has 2 N–H and O–H groups in total. The van der Waals surface area contributed by atoms with Gasteiger partial charge >= 0.3 is 0 Å². The molecular weight excluding hydrogens is 276 g/mol. The highest BCUT2D eigenvalue weighted by molar-refractivity contribution is 5.30. The molecule has 3 heteroatoms. The highest BCUT2D eigenvalue weighted by Crippen LogP contribution is 2.29. The van der Waals surface area contributed by atoms with Crippen molar-refractivity contribution in [3.8, 4) is 11.5 Å². The molecule has 0 saturated heterocycles. The van der Waals surface area contributed by atoms with Gasteiger partial charge in [-0.25, -0.2) is 0 Å². The topological polar surface area (TPSA) is 49.7 Å². The predicted molar refractivity (Wildman–Crippen MR) is 85.9 cm³/mol. The number of benzene rings is 2. The monoisotopic (exact) mass is 296 g/mol. The van der Waals surface area contributed by atoms with Crippen LogP contribution in [-0.2, 0) is 11.2 Å². The van der Waals surface area contributed by atoms with Crippen molar-refractivity contribution in [2.75, 3.05) is 0 Å². The van der Waals surface area contributed by atoms with E-state index in [1.165, 1.54) is 5.56 Å². The van der Waals surface area contributed by atoms with Crippen molar-refractivity contribution in [3.63, 3.8) is 0 Å². The van der Waals surface area contributed by atoms with E-state index >= 15 is 0 Å². The van der Waals surface area contributed by atoms with Gasteiger partial charge in [-0.2, -0.15) is 0 Å². The largest absolute Gasteiger partial charge is 0.508 e. The summed E-state index contributed by atoms with van der Waals surface area (Å²) in [5.41, 5.74) is 2.26. The van der Waals surface area contributed by atoms with E-state index in [0.29, 0.717) is 5.75 Å². The first-order valence-electron chi connectivity index (χ1n) is 7.59. The zero-order valence-electron chi connectivity index (χ0n) is 12.4. The van der Waals surface area contributed by atoms with Crippen LogP contribution in [0.15, 0.2) is 60.7 Å². The van der Waals surface area contributed by atoms with E-state index < -0.39 is 0 Å². The van der Waals surface area contributed by atoms with E-state index in [1.807, 2.05) is 24.3 Å². The lowest BCUT2D eigenvalue weighted by Gasteiger charge is -2.26. The summed E-state index contributed by atoms with van der Waals surface area (Å²) in [5.74, 6) is 0.570. The molecule has 2 aromatic rings. The molecular formula is C19H20O3. The van der Waals surface area contributed by atoms with Crippen LogP contribution in [-0.4, -0.2) is 16.3 Å². The molecule has 0 radical (unpaired) electrons. The normalized spacial score (nSPS) is 20.9. The Labute approximate surface area is 130 Å². The molecule has 1 aliphatic heterocycles. The smallest absolute Gasteiger partial charge is 0.115 e. The van der Waals surface area contributed by atoms with Gasteiger partial charge in [0.1, 0.15) is 17.6 Å². The summed E-state index contributed by atoms with van der Waals surface area (Å²) in [6.45, 7) is 0. The van der Waals surface area contributed by atoms with Gasteiger partial charge in [-0.05, 0) is 54.7 Å². The Morgan fingerprint density at radius 3 is 2.23 bits per heavy atom. The van der Waals surface area contributed by atoms with Crippen molar-refractivity contribution in [1.29, 1.82) is 0 Å². The van der Waals surface area contributed by atoms with Gasteiger partial charge in [-0.3, -0.25) is 0 Å². The number of phenols is 2. The van der Waals surface area contributed by atoms with Gasteiger partial charge in [-0.1, -0.05) is 36.4 Å². The van der Waals surface area contributed by atoms with Crippen LogP contribution < -0.4 is 0 Å². The molecule has 0 saturated carbocycles. The van der Waals surface area contributed by atoms with Crippen molar-refractivity contribution in [2.24, 2.45) is 0 Å². The highest BCUT2D eigenvalue weighted by atomic mass is 16.5. The lowest BCUT2D eigenvalue weighted by molar-refractivity contribution is 0.000724. The summed E-state index contributed by atoms with van der Waals surface area (Å²) in [5, 5.41) is 18.7. The summed E-state index contributed by atoms with van der Waals surface area (Å²) in [6.07, 6.45) is 7.19. The van der Waals surface area contributed by atoms with Gasteiger partial charge in [-0.15, -0.1) is 0 Å². The van der Waals surface area contributed by atoms with Crippen LogP contribution in [0.5, 0.6) is 11.5 Å². The first-order valence-corrected chi connectivity index (χ1v) is 7.59. The SMILES string of the molecule is Oc1ccc(CCC2CC=CC(c3ccc(O)cc3)O2)cc1. The van der Waals surface area contributed by atoms with Crippen LogP contribution >= 0.6 is 0 Å². The molecule has 0 aliphatic carbocycles. The fourth-order valence-corrected chi connectivity index (χ4v) is 2.69. The maximum Gasteiger partial charge on any atom is 0.115 e. The predicted octanol–water partition coefficient (Wildman–Crippen LogP) is 4.12. The number of rotatable bonds is 4. The molecule has 0 fully saturated rings. The second-order valence-electron chi connectivity index (χ2n) is 5.64. The quantitative estimate of drug-likeness (QED) is 0.835. The number of ether oxygens (including phenoxy) is 1. The van der Waals surface area contributed by atoms with Gasteiger partial charge in [0.05, 0.1) is 6.10 Å². The standard InChI is InChI=1S/C19H20O3/c20-16-9-4-14(5-10-16)6-13-18-2-1-3-19(22-18)15-7-11-17(21)12-8-15/h1,3-5,7-12,18-21H,2,6,13H2. The second-order valence-corrected chi connectivity index (χ2v) is 5.64. The van der Waals surface area contributed by atoms with Crippen LogP contribution in [0.3, 0.4) is 0 Å². The maximum atomic E-state index is 9.36. The van der Waals surface area contributed by atoms with Gasteiger partial charge in [0.25, 0.3) is 0 Å². The average molecular weight is 296 g/mol. The molecule has 22 heavy (non-hydrogen) atoms. The summed E-state index contributed by atoms with van der Waals surface area (Å²) in [6, 6.07) is 14.5. The van der Waals surface area contributed by atoms with Crippen LogP contribution in [0.1, 0.15) is 30.1 Å². The van der Waals surface area contributed by atoms with Gasteiger partial charge in [0.2, 0.25) is 0 Å². The number of aryl methyl sites for hydroxylation is 1. The van der Waals surface area contributed by atoms with Gasteiger partial charge < -0.3 is 14.9 Å². The third-order valence-corrected chi connectivity index (χ3v) is 3.96. The van der Waals surface area contributed by atoms with Crippen molar-refractivity contribution < 1.29 is 14.9 Å². The molecule has 0 amide bonds. The Balaban J connectivity index is 1.58. The molecule has 0 aromatic heterocycles. The van der Waals surface area contributed by atoms with E-state index in [-0.39, 0.29) is 18.0 Å². The Bertz CT molecular complexity index is 629. The van der Waals surface area contributed by atoms with Crippen molar-refractivity contribution in [3.05, 3.63) is 71.8 Å². The Morgan fingerprint density at radius 2 is 1.55 bits per heavy atom.